The summed E-state index contributed by atoms with van der Waals surface area (Å²) in [5.41, 5.74) is 9.69. The minimum absolute atomic E-state index is 0.965. The Morgan fingerprint density at radius 1 is 0.821 bits per heavy atom. The van der Waals surface area contributed by atoms with Gasteiger partial charge in [-0.2, -0.15) is 5.10 Å². The number of hydrogen-bond acceptors (Lipinski definition) is 2. The van der Waals surface area contributed by atoms with E-state index < -0.39 is 0 Å². The second kappa shape index (κ2) is 6.68. The standard InChI is InChI=1S/C25H23N3/c1-17-8-13-23(18(2)16-17)28-25-22(14-15-26-25)24(27-28)21-11-9-20(10-12-21)19-6-4-3-5-7-19/h3-13,16,26H,14-15H2,1-2H3. The van der Waals surface area contributed by atoms with Gasteiger partial charge in [-0.15, -0.1) is 0 Å². The van der Waals surface area contributed by atoms with Crippen molar-refractivity contribution in [3.05, 3.63) is 89.5 Å². The van der Waals surface area contributed by atoms with Gasteiger partial charge in [0.25, 0.3) is 0 Å². The maximum atomic E-state index is 5.02. The van der Waals surface area contributed by atoms with E-state index in [0.717, 1.165) is 30.2 Å². The molecule has 2 heterocycles. The highest BCUT2D eigenvalue weighted by molar-refractivity contribution is 5.75. The largest absolute Gasteiger partial charge is 0.369 e. The third kappa shape index (κ3) is 2.80. The van der Waals surface area contributed by atoms with Gasteiger partial charge in [0, 0.05) is 17.7 Å². The number of nitrogens with zero attached hydrogens (tertiary/aromatic N) is 2. The van der Waals surface area contributed by atoms with Crippen LogP contribution in [0.4, 0.5) is 5.82 Å². The lowest BCUT2D eigenvalue weighted by molar-refractivity contribution is 0.874. The first-order valence-corrected chi connectivity index (χ1v) is 9.80. The smallest absolute Gasteiger partial charge is 0.133 e. The van der Waals surface area contributed by atoms with Gasteiger partial charge in [-0.25, -0.2) is 4.68 Å². The Hall–Kier alpha value is -3.33. The molecule has 0 fully saturated rings. The average molecular weight is 365 g/mol. The Kier molecular flexibility index (Phi) is 4.01. The molecule has 0 amide bonds. The molecular weight excluding hydrogens is 342 g/mol. The summed E-state index contributed by atoms with van der Waals surface area (Å²) < 4.78 is 2.08. The summed E-state index contributed by atoms with van der Waals surface area (Å²) >= 11 is 0. The number of hydrogen-bond donors (Lipinski definition) is 1. The van der Waals surface area contributed by atoms with Crippen LogP contribution in [0.5, 0.6) is 0 Å². The molecule has 1 N–H and O–H groups in total. The number of aryl methyl sites for hydroxylation is 2. The summed E-state index contributed by atoms with van der Waals surface area (Å²) in [7, 11) is 0. The van der Waals surface area contributed by atoms with Gasteiger partial charge in [-0.1, -0.05) is 72.3 Å². The van der Waals surface area contributed by atoms with Crippen molar-refractivity contribution in [3.8, 4) is 28.1 Å². The van der Waals surface area contributed by atoms with Crippen molar-refractivity contribution in [3.63, 3.8) is 0 Å². The molecule has 28 heavy (non-hydrogen) atoms. The normalized spacial score (nSPS) is 12.6. The van der Waals surface area contributed by atoms with Crippen molar-refractivity contribution < 1.29 is 0 Å². The molecule has 3 nitrogen and oxygen atoms in total. The topological polar surface area (TPSA) is 29.9 Å². The molecule has 0 saturated heterocycles. The van der Waals surface area contributed by atoms with E-state index in [-0.39, 0.29) is 0 Å². The first kappa shape index (κ1) is 16.8. The van der Waals surface area contributed by atoms with E-state index >= 15 is 0 Å². The lowest BCUT2D eigenvalue weighted by Crippen LogP contribution is -2.05. The van der Waals surface area contributed by atoms with E-state index in [4.69, 9.17) is 5.10 Å². The molecule has 3 heteroatoms. The molecule has 0 saturated carbocycles. The van der Waals surface area contributed by atoms with Crippen LogP contribution in [-0.2, 0) is 6.42 Å². The predicted octanol–water partition coefficient (Wildman–Crippen LogP) is 5.79. The van der Waals surface area contributed by atoms with E-state index in [9.17, 15) is 0 Å². The zero-order chi connectivity index (χ0) is 19.1. The molecule has 1 aliphatic rings. The third-order valence-electron chi connectivity index (χ3n) is 5.50. The van der Waals surface area contributed by atoms with E-state index in [1.54, 1.807) is 0 Å². The lowest BCUT2D eigenvalue weighted by Gasteiger charge is -2.10. The van der Waals surface area contributed by atoms with Gasteiger partial charge in [0.05, 0.1) is 11.4 Å². The van der Waals surface area contributed by atoms with E-state index in [1.807, 2.05) is 6.07 Å². The van der Waals surface area contributed by atoms with E-state index in [1.165, 1.54) is 33.4 Å². The van der Waals surface area contributed by atoms with Gasteiger partial charge in [-0.05, 0) is 43.0 Å². The molecule has 0 atom stereocenters. The quantitative estimate of drug-likeness (QED) is 0.498. The number of benzene rings is 3. The molecule has 4 aromatic rings. The van der Waals surface area contributed by atoms with Crippen molar-refractivity contribution in [1.82, 2.24) is 9.78 Å². The number of nitrogens with one attached hydrogen (secondary N) is 1. The van der Waals surface area contributed by atoms with Crippen LogP contribution < -0.4 is 5.32 Å². The van der Waals surface area contributed by atoms with E-state index in [2.05, 4.69) is 90.6 Å². The van der Waals surface area contributed by atoms with Crippen LogP contribution in [0.3, 0.4) is 0 Å². The van der Waals surface area contributed by atoms with Crippen LogP contribution in [0.2, 0.25) is 0 Å². The van der Waals surface area contributed by atoms with Crippen molar-refractivity contribution in [2.24, 2.45) is 0 Å². The molecule has 0 radical (unpaired) electrons. The second-order valence-corrected chi connectivity index (χ2v) is 7.50. The monoisotopic (exact) mass is 365 g/mol. The minimum atomic E-state index is 0.965. The van der Waals surface area contributed by atoms with Crippen molar-refractivity contribution >= 4 is 5.82 Å². The molecule has 1 aromatic heterocycles. The van der Waals surface area contributed by atoms with Gasteiger partial charge in [0.2, 0.25) is 0 Å². The maximum Gasteiger partial charge on any atom is 0.133 e. The zero-order valence-corrected chi connectivity index (χ0v) is 16.2. The highest BCUT2D eigenvalue weighted by Gasteiger charge is 2.24. The molecule has 1 aliphatic heterocycles. The molecule has 3 aromatic carbocycles. The highest BCUT2D eigenvalue weighted by Crippen LogP contribution is 2.36. The summed E-state index contributed by atoms with van der Waals surface area (Å²) in [6.07, 6.45) is 1.01. The van der Waals surface area contributed by atoms with E-state index in [0.29, 0.717) is 0 Å². The maximum absolute atomic E-state index is 5.02. The Labute approximate surface area is 165 Å². The molecule has 138 valence electrons. The zero-order valence-electron chi connectivity index (χ0n) is 16.2. The Bertz CT molecular complexity index is 1140. The summed E-state index contributed by atoms with van der Waals surface area (Å²) in [4.78, 5) is 0. The SMILES string of the molecule is Cc1ccc(-n2nc(-c3ccc(-c4ccccc4)cc3)c3c2NCC3)c(C)c1. The predicted molar refractivity (Wildman–Crippen MR) is 116 cm³/mol. The van der Waals surface area contributed by atoms with Gasteiger partial charge in [0.15, 0.2) is 0 Å². The van der Waals surface area contributed by atoms with Gasteiger partial charge >= 0.3 is 0 Å². The molecule has 0 aliphatic carbocycles. The van der Waals surface area contributed by atoms with Crippen molar-refractivity contribution in [2.45, 2.75) is 20.3 Å². The van der Waals surface area contributed by atoms with Crippen molar-refractivity contribution in [2.75, 3.05) is 11.9 Å². The van der Waals surface area contributed by atoms with Crippen LogP contribution in [-0.4, -0.2) is 16.3 Å². The van der Waals surface area contributed by atoms with Crippen LogP contribution in [0.1, 0.15) is 16.7 Å². The summed E-state index contributed by atoms with van der Waals surface area (Å²) in [5.74, 6) is 1.13. The Morgan fingerprint density at radius 3 is 2.29 bits per heavy atom. The second-order valence-electron chi connectivity index (χ2n) is 7.50. The average Bonchev–Trinajstić information content (AvgIpc) is 3.32. The first-order valence-electron chi connectivity index (χ1n) is 9.80. The lowest BCUT2D eigenvalue weighted by atomic mass is 10.0. The molecule has 0 spiro atoms. The fourth-order valence-electron chi connectivity index (χ4n) is 4.08. The van der Waals surface area contributed by atoms with Crippen LogP contribution in [0, 0.1) is 13.8 Å². The third-order valence-corrected chi connectivity index (χ3v) is 5.50. The van der Waals surface area contributed by atoms with Crippen LogP contribution in [0.15, 0.2) is 72.8 Å². The number of anilines is 1. The van der Waals surface area contributed by atoms with Gasteiger partial charge < -0.3 is 5.32 Å². The Balaban J connectivity index is 1.58. The first-order chi connectivity index (χ1) is 13.7. The van der Waals surface area contributed by atoms with Crippen molar-refractivity contribution in [1.29, 1.82) is 0 Å². The summed E-state index contributed by atoms with van der Waals surface area (Å²) in [6.45, 7) is 5.25. The molecule has 0 unspecified atom stereocenters. The fourth-order valence-corrected chi connectivity index (χ4v) is 4.08. The molecule has 0 bridgehead atoms. The molecular formula is C25H23N3. The van der Waals surface area contributed by atoms with Crippen LogP contribution >= 0.6 is 0 Å². The molecule has 5 rings (SSSR count). The van der Waals surface area contributed by atoms with Gasteiger partial charge in [0.1, 0.15) is 5.82 Å². The number of fused-ring (bicyclic) bond motifs is 1. The Morgan fingerprint density at radius 2 is 1.54 bits per heavy atom. The van der Waals surface area contributed by atoms with Gasteiger partial charge in [-0.3, -0.25) is 0 Å². The van der Waals surface area contributed by atoms with Crippen LogP contribution in [0.25, 0.3) is 28.1 Å². The summed E-state index contributed by atoms with van der Waals surface area (Å²) in [6, 6.07) is 25.8. The number of rotatable bonds is 3. The fraction of sp³-hybridized carbons (Fsp3) is 0.160. The number of aromatic nitrogens is 2. The minimum Gasteiger partial charge on any atom is -0.369 e. The summed E-state index contributed by atoms with van der Waals surface area (Å²) in [5, 5.41) is 8.56. The highest BCUT2D eigenvalue weighted by atomic mass is 15.3.